The van der Waals surface area contributed by atoms with Crippen molar-refractivity contribution in [3.63, 3.8) is 0 Å². The van der Waals surface area contributed by atoms with Gasteiger partial charge in [0.05, 0.1) is 5.02 Å². The summed E-state index contributed by atoms with van der Waals surface area (Å²) in [4.78, 5) is 15.2. The van der Waals surface area contributed by atoms with Crippen LogP contribution in [-0.2, 0) is 4.79 Å². The van der Waals surface area contributed by atoms with E-state index in [1.54, 1.807) is 11.8 Å². The molecule has 0 spiro atoms. The number of thioether (sulfide) groups is 1. The fourth-order valence-electron chi connectivity index (χ4n) is 2.41. The molecule has 0 aromatic heterocycles. The summed E-state index contributed by atoms with van der Waals surface area (Å²) in [5.74, 6) is 1.04. The standard InChI is InChI=1S/C15H21ClN2OS/c1-17-12-5-4-9-18(11-12)15(19)8-10-20-14-7-3-2-6-13(14)16/h2-3,6-7,12,17H,4-5,8-11H2,1H3. The van der Waals surface area contributed by atoms with Crippen LogP contribution in [0, 0.1) is 0 Å². The van der Waals surface area contributed by atoms with Crippen LogP contribution in [0.25, 0.3) is 0 Å². The largest absolute Gasteiger partial charge is 0.341 e. The average molecular weight is 313 g/mol. The second kappa shape index (κ2) is 7.91. The molecule has 0 aliphatic carbocycles. The lowest BCUT2D eigenvalue weighted by molar-refractivity contribution is -0.132. The molecule has 1 fully saturated rings. The molecule has 1 unspecified atom stereocenters. The maximum absolute atomic E-state index is 12.2. The van der Waals surface area contributed by atoms with Crippen molar-refractivity contribution in [1.29, 1.82) is 0 Å². The van der Waals surface area contributed by atoms with Crippen molar-refractivity contribution >= 4 is 29.3 Å². The number of carbonyl (C=O) groups is 1. The van der Waals surface area contributed by atoms with Gasteiger partial charge in [0.1, 0.15) is 0 Å². The van der Waals surface area contributed by atoms with Gasteiger partial charge in [-0.1, -0.05) is 23.7 Å². The molecule has 1 atom stereocenters. The van der Waals surface area contributed by atoms with E-state index in [0.717, 1.165) is 41.6 Å². The van der Waals surface area contributed by atoms with Gasteiger partial charge in [-0.2, -0.15) is 0 Å². The number of nitrogens with zero attached hydrogens (tertiary/aromatic N) is 1. The smallest absolute Gasteiger partial charge is 0.223 e. The first-order chi connectivity index (χ1) is 9.70. The number of hydrogen-bond donors (Lipinski definition) is 1. The summed E-state index contributed by atoms with van der Waals surface area (Å²) in [6, 6.07) is 8.22. The van der Waals surface area contributed by atoms with Gasteiger partial charge in [0.15, 0.2) is 0 Å². The van der Waals surface area contributed by atoms with Crippen LogP contribution >= 0.6 is 23.4 Å². The Hall–Kier alpha value is -0.710. The number of carbonyl (C=O) groups excluding carboxylic acids is 1. The fraction of sp³-hybridized carbons (Fsp3) is 0.533. The van der Waals surface area contributed by atoms with Crippen molar-refractivity contribution < 1.29 is 4.79 Å². The molecule has 1 N–H and O–H groups in total. The van der Waals surface area contributed by atoms with Gasteiger partial charge in [-0.15, -0.1) is 11.8 Å². The van der Waals surface area contributed by atoms with Crippen molar-refractivity contribution in [3.05, 3.63) is 29.3 Å². The minimum atomic E-state index is 0.254. The number of benzene rings is 1. The first-order valence-electron chi connectivity index (χ1n) is 7.03. The van der Waals surface area contributed by atoms with Crippen molar-refractivity contribution in [2.45, 2.75) is 30.2 Å². The van der Waals surface area contributed by atoms with Crippen LogP contribution in [-0.4, -0.2) is 42.7 Å². The second-order valence-electron chi connectivity index (χ2n) is 5.00. The van der Waals surface area contributed by atoms with Gasteiger partial charge in [0.25, 0.3) is 0 Å². The van der Waals surface area contributed by atoms with Crippen LogP contribution in [0.15, 0.2) is 29.2 Å². The minimum absolute atomic E-state index is 0.254. The summed E-state index contributed by atoms with van der Waals surface area (Å²) >= 11 is 7.75. The molecule has 2 rings (SSSR count). The zero-order valence-electron chi connectivity index (χ0n) is 11.8. The lowest BCUT2D eigenvalue weighted by atomic mass is 10.1. The lowest BCUT2D eigenvalue weighted by Gasteiger charge is -2.32. The maximum atomic E-state index is 12.2. The minimum Gasteiger partial charge on any atom is -0.341 e. The van der Waals surface area contributed by atoms with Gasteiger partial charge in [0, 0.05) is 36.2 Å². The Morgan fingerprint density at radius 3 is 3.05 bits per heavy atom. The molecular formula is C15H21ClN2OS. The van der Waals surface area contributed by atoms with Crippen LogP contribution in [0.1, 0.15) is 19.3 Å². The molecule has 1 heterocycles. The molecule has 1 aliphatic rings. The third-order valence-corrected chi connectivity index (χ3v) is 5.11. The highest BCUT2D eigenvalue weighted by molar-refractivity contribution is 7.99. The van der Waals surface area contributed by atoms with Crippen LogP contribution in [0.3, 0.4) is 0 Å². The molecule has 1 saturated heterocycles. The highest BCUT2D eigenvalue weighted by atomic mass is 35.5. The van der Waals surface area contributed by atoms with Crippen LogP contribution < -0.4 is 5.32 Å². The quantitative estimate of drug-likeness (QED) is 0.848. The van der Waals surface area contributed by atoms with Crippen LogP contribution in [0.5, 0.6) is 0 Å². The molecule has 5 heteroatoms. The normalized spacial score (nSPS) is 19.1. The second-order valence-corrected chi connectivity index (χ2v) is 6.54. The van der Waals surface area contributed by atoms with Crippen molar-refractivity contribution in [2.75, 3.05) is 25.9 Å². The summed E-state index contributed by atoms with van der Waals surface area (Å²) in [5.41, 5.74) is 0. The predicted octanol–water partition coefficient (Wildman–Crippen LogP) is 3.03. The van der Waals surface area contributed by atoms with Crippen molar-refractivity contribution in [1.82, 2.24) is 10.2 Å². The van der Waals surface area contributed by atoms with Gasteiger partial charge >= 0.3 is 0 Å². The van der Waals surface area contributed by atoms with Gasteiger partial charge < -0.3 is 10.2 Å². The topological polar surface area (TPSA) is 32.3 Å². The van der Waals surface area contributed by atoms with E-state index in [4.69, 9.17) is 11.6 Å². The fourth-order valence-corrected chi connectivity index (χ4v) is 3.58. The molecule has 1 aromatic carbocycles. The maximum Gasteiger partial charge on any atom is 0.223 e. The predicted molar refractivity (Wildman–Crippen MR) is 85.5 cm³/mol. The number of halogens is 1. The summed E-state index contributed by atoms with van der Waals surface area (Å²) in [6.07, 6.45) is 2.83. The van der Waals surface area contributed by atoms with Crippen LogP contribution in [0.2, 0.25) is 5.02 Å². The highest BCUT2D eigenvalue weighted by Crippen LogP contribution is 2.27. The van der Waals surface area contributed by atoms with E-state index < -0.39 is 0 Å². The number of rotatable bonds is 5. The summed E-state index contributed by atoms with van der Waals surface area (Å²) in [6.45, 7) is 1.74. The number of amides is 1. The Labute approximate surface area is 130 Å². The van der Waals surface area contributed by atoms with Crippen molar-refractivity contribution in [3.8, 4) is 0 Å². The molecule has 110 valence electrons. The molecule has 0 radical (unpaired) electrons. The number of piperidine rings is 1. The molecule has 3 nitrogen and oxygen atoms in total. The third kappa shape index (κ3) is 4.40. The van der Waals surface area contributed by atoms with E-state index in [1.807, 2.05) is 36.2 Å². The Morgan fingerprint density at radius 1 is 1.50 bits per heavy atom. The Balaban J connectivity index is 1.76. The molecule has 0 saturated carbocycles. The molecule has 1 amide bonds. The number of likely N-dealkylation sites (N-methyl/N-ethyl adjacent to an activating group) is 1. The summed E-state index contributed by atoms with van der Waals surface area (Å²) in [5, 5.41) is 4.02. The molecule has 0 bridgehead atoms. The monoisotopic (exact) mass is 312 g/mol. The van der Waals surface area contributed by atoms with E-state index in [0.29, 0.717) is 12.5 Å². The Bertz CT molecular complexity index is 455. The average Bonchev–Trinajstić information content (AvgIpc) is 2.49. The Kier molecular flexibility index (Phi) is 6.20. The van der Waals surface area contributed by atoms with E-state index in [-0.39, 0.29) is 5.91 Å². The van der Waals surface area contributed by atoms with Crippen molar-refractivity contribution in [2.24, 2.45) is 0 Å². The van der Waals surface area contributed by atoms with Gasteiger partial charge in [-0.25, -0.2) is 0 Å². The zero-order chi connectivity index (χ0) is 14.4. The first kappa shape index (κ1) is 15.7. The van der Waals surface area contributed by atoms with E-state index in [2.05, 4.69) is 5.32 Å². The zero-order valence-corrected chi connectivity index (χ0v) is 13.3. The summed E-state index contributed by atoms with van der Waals surface area (Å²) < 4.78 is 0. The highest BCUT2D eigenvalue weighted by Gasteiger charge is 2.22. The molecule has 1 aromatic rings. The third-order valence-electron chi connectivity index (χ3n) is 3.59. The lowest BCUT2D eigenvalue weighted by Crippen LogP contribution is -2.47. The summed E-state index contributed by atoms with van der Waals surface area (Å²) in [7, 11) is 1.96. The molecule has 1 aliphatic heterocycles. The number of likely N-dealkylation sites (tertiary alicyclic amines) is 1. The Morgan fingerprint density at radius 2 is 2.30 bits per heavy atom. The van der Waals surface area contributed by atoms with E-state index >= 15 is 0 Å². The first-order valence-corrected chi connectivity index (χ1v) is 8.39. The van der Waals surface area contributed by atoms with Gasteiger partial charge in [0.2, 0.25) is 5.91 Å². The van der Waals surface area contributed by atoms with Crippen LogP contribution in [0.4, 0.5) is 0 Å². The van der Waals surface area contributed by atoms with Gasteiger partial charge in [-0.3, -0.25) is 4.79 Å². The van der Waals surface area contributed by atoms with E-state index in [1.165, 1.54) is 0 Å². The van der Waals surface area contributed by atoms with Gasteiger partial charge in [-0.05, 0) is 32.0 Å². The molecule has 20 heavy (non-hydrogen) atoms. The number of nitrogens with one attached hydrogen (secondary N) is 1. The molecular weight excluding hydrogens is 292 g/mol. The SMILES string of the molecule is CNC1CCCN(C(=O)CCSc2ccccc2Cl)C1. The number of hydrogen-bond acceptors (Lipinski definition) is 3. The van der Waals surface area contributed by atoms with E-state index in [9.17, 15) is 4.79 Å².